The van der Waals surface area contributed by atoms with Crippen LogP contribution in [0, 0.1) is 0 Å². The Morgan fingerprint density at radius 3 is 2.78 bits per heavy atom. The molecule has 0 bridgehead atoms. The van der Waals surface area contributed by atoms with Crippen molar-refractivity contribution in [1.82, 2.24) is 15.0 Å². The highest BCUT2D eigenvalue weighted by atomic mass is 16.5. The summed E-state index contributed by atoms with van der Waals surface area (Å²) >= 11 is 0. The molecule has 1 aromatic heterocycles. The molecule has 5 nitrogen and oxygen atoms in total. The van der Waals surface area contributed by atoms with Crippen molar-refractivity contribution in [3.8, 4) is 0 Å². The number of aliphatic hydroxyl groups is 1. The molecule has 1 aromatic rings. The smallest absolute Gasteiger partial charge is 0.228 e. The van der Waals surface area contributed by atoms with E-state index >= 15 is 0 Å². The monoisotopic (exact) mass is 253 g/mol. The molecule has 102 valence electrons. The molecule has 2 rings (SSSR count). The van der Waals surface area contributed by atoms with Crippen LogP contribution >= 0.6 is 0 Å². The Balaban J connectivity index is 2.01. The molecular weight excluding hydrogens is 230 g/mol. The fraction of sp³-hybridized carbons (Fsp3) is 0.846. The molecule has 1 N–H and O–H groups in total. The van der Waals surface area contributed by atoms with Gasteiger partial charge in [-0.05, 0) is 40.2 Å². The maximum absolute atomic E-state index is 9.39. The van der Waals surface area contributed by atoms with Crippen molar-refractivity contribution in [3.63, 3.8) is 0 Å². The second-order valence-electron chi connectivity index (χ2n) is 5.41. The van der Waals surface area contributed by atoms with Crippen LogP contribution in [-0.4, -0.2) is 38.8 Å². The van der Waals surface area contributed by atoms with E-state index in [1.54, 1.807) is 6.92 Å². The molecule has 0 saturated carbocycles. The number of hydrogen-bond donors (Lipinski definition) is 1. The van der Waals surface area contributed by atoms with Gasteiger partial charge in [0.1, 0.15) is 6.10 Å². The highest BCUT2D eigenvalue weighted by Crippen LogP contribution is 2.22. The molecule has 1 saturated heterocycles. The van der Waals surface area contributed by atoms with Crippen LogP contribution in [0.1, 0.15) is 57.9 Å². The normalized spacial score (nSPS) is 23.5. The van der Waals surface area contributed by atoms with E-state index in [-0.39, 0.29) is 0 Å². The van der Waals surface area contributed by atoms with E-state index in [4.69, 9.17) is 4.52 Å². The van der Waals surface area contributed by atoms with Gasteiger partial charge in [-0.1, -0.05) is 11.6 Å². The summed E-state index contributed by atoms with van der Waals surface area (Å²) in [6.45, 7) is 7.26. The van der Waals surface area contributed by atoms with Gasteiger partial charge < -0.3 is 9.63 Å². The first kappa shape index (κ1) is 13.5. The summed E-state index contributed by atoms with van der Waals surface area (Å²) in [5.74, 6) is 1.03. The molecule has 0 aromatic carbocycles. The molecule has 18 heavy (non-hydrogen) atoms. The number of aliphatic hydroxyl groups excluding tert-OH is 1. The van der Waals surface area contributed by atoms with Gasteiger partial charge in [0.25, 0.3) is 0 Å². The van der Waals surface area contributed by atoms with Gasteiger partial charge in [0.05, 0.1) is 0 Å². The van der Waals surface area contributed by atoms with Gasteiger partial charge in [0, 0.05) is 18.5 Å². The number of rotatable bonds is 4. The molecular formula is C13H23N3O2. The van der Waals surface area contributed by atoms with E-state index in [2.05, 4.69) is 28.9 Å². The van der Waals surface area contributed by atoms with Gasteiger partial charge in [-0.3, -0.25) is 4.90 Å². The first-order valence-electron chi connectivity index (χ1n) is 6.84. The third-order valence-corrected chi connectivity index (χ3v) is 3.60. The maximum Gasteiger partial charge on any atom is 0.228 e. The predicted octanol–water partition coefficient (Wildman–Crippen LogP) is 1.93. The molecule has 1 aliphatic heterocycles. The van der Waals surface area contributed by atoms with Gasteiger partial charge in [0.15, 0.2) is 5.82 Å². The SMILES string of the molecule is CC(O)c1noc(CC2CCCCN2C(C)C)n1. The number of nitrogens with zero attached hydrogens (tertiary/aromatic N) is 3. The summed E-state index contributed by atoms with van der Waals surface area (Å²) in [5, 5.41) is 13.2. The van der Waals surface area contributed by atoms with Gasteiger partial charge in [0.2, 0.25) is 5.89 Å². The lowest BCUT2D eigenvalue weighted by Crippen LogP contribution is -2.45. The average molecular weight is 253 g/mol. The van der Waals surface area contributed by atoms with E-state index in [0.717, 1.165) is 13.0 Å². The highest BCUT2D eigenvalue weighted by molar-refractivity contribution is 4.93. The van der Waals surface area contributed by atoms with Gasteiger partial charge in [-0.15, -0.1) is 0 Å². The number of piperidine rings is 1. The fourth-order valence-corrected chi connectivity index (χ4v) is 2.64. The minimum absolute atomic E-state index is 0.386. The maximum atomic E-state index is 9.39. The Kier molecular flexibility index (Phi) is 4.35. The van der Waals surface area contributed by atoms with Crippen molar-refractivity contribution in [1.29, 1.82) is 0 Å². The minimum atomic E-state index is -0.657. The lowest BCUT2D eigenvalue weighted by Gasteiger charge is -2.38. The zero-order valence-corrected chi connectivity index (χ0v) is 11.5. The molecule has 1 fully saturated rings. The van der Waals surface area contributed by atoms with Gasteiger partial charge in [-0.2, -0.15) is 4.98 Å². The van der Waals surface area contributed by atoms with E-state index in [1.165, 1.54) is 19.3 Å². The molecule has 5 heteroatoms. The van der Waals surface area contributed by atoms with Crippen LogP contribution in [0.25, 0.3) is 0 Å². The Bertz CT molecular complexity index is 376. The van der Waals surface area contributed by atoms with Crippen LogP contribution < -0.4 is 0 Å². The van der Waals surface area contributed by atoms with Crippen LogP contribution in [0.4, 0.5) is 0 Å². The van der Waals surface area contributed by atoms with Crippen LogP contribution in [0.2, 0.25) is 0 Å². The zero-order chi connectivity index (χ0) is 13.1. The van der Waals surface area contributed by atoms with E-state index < -0.39 is 6.10 Å². The number of hydrogen-bond acceptors (Lipinski definition) is 5. The summed E-state index contributed by atoms with van der Waals surface area (Å²) in [7, 11) is 0. The summed E-state index contributed by atoms with van der Waals surface area (Å²) in [4.78, 5) is 6.75. The van der Waals surface area contributed by atoms with Crippen LogP contribution in [-0.2, 0) is 6.42 Å². The van der Waals surface area contributed by atoms with Crippen molar-refractivity contribution in [2.75, 3.05) is 6.54 Å². The Labute approximate surface area is 108 Å². The fourth-order valence-electron chi connectivity index (χ4n) is 2.64. The first-order chi connectivity index (χ1) is 8.58. The highest BCUT2D eigenvalue weighted by Gasteiger charge is 2.26. The molecule has 1 aliphatic rings. The summed E-state index contributed by atoms with van der Waals surface area (Å²) < 4.78 is 5.21. The van der Waals surface area contributed by atoms with E-state index in [9.17, 15) is 5.11 Å². The van der Waals surface area contributed by atoms with E-state index in [0.29, 0.717) is 23.8 Å². The average Bonchev–Trinajstić information content (AvgIpc) is 2.78. The van der Waals surface area contributed by atoms with Crippen molar-refractivity contribution in [2.24, 2.45) is 0 Å². The molecule has 0 aliphatic carbocycles. The van der Waals surface area contributed by atoms with Gasteiger partial charge >= 0.3 is 0 Å². The Hall–Kier alpha value is -0.940. The molecule has 0 amide bonds. The number of aromatic nitrogens is 2. The quantitative estimate of drug-likeness (QED) is 0.888. The predicted molar refractivity (Wildman–Crippen MR) is 68.1 cm³/mol. The second kappa shape index (κ2) is 5.80. The Morgan fingerprint density at radius 2 is 2.17 bits per heavy atom. The summed E-state index contributed by atoms with van der Waals surface area (Å²) in [6, 6.07) is 1.04. The Morgan fingerprint density at radius 1 is 1.39 bits per heavy atom. The molecule has 2 unspecified atom stereocenters. The summed E-state index contributed by atoms with van der Waals surface area (Å²) in [6.07, 6.45) is 3.86. The lowest BCUT2D eigenvalue weighted by molar-refractivity contribution is 0.105. The molecule has 0 spiro atoms. The number of likely N-dealkylation sites (tertiary alicyclic amines) is 1. The third-order valence-electron chi connectivity index (χ3n) is 3.60. The van der Waals surface area contributed by atoms with Crippen molar-refractivity contribution < 1.29 is 9.63 Å². The van der Waals surface area contributed by atoms with Crippen molar-refractivity contribution >= 4 is 0 Å². The molecule has 2 heterocycles. The lowest BCUT2D eigenvalue weighted by atomic mass is 9.98. The third kappa shape index (κ3) is 3.09. The van der Waals surface area contributed by atoms with Crippen LogP contribution in [0.15, 0.2) is 4.52 Å². The van der Waals surface area contributed by atoms with Crippen LogP contribution in [0.3, 0.4) is 0 Å². The van der Waals surface area contributed by atoms with Crippen molar-refractivity contribution in [2.45, 2.75) is 64.6 Å². The molecule has 2 atom stereocenters. The first-order valence-corrected chi connectivity index (χ1v) is 6.84. The molecule has 0 radical (unpaired) electrons. The topological polar surface area (TPSA) is 62.4 Å². The van der Waals surface area contributed by atoms with E-state index in [1.807, 2.05) is 0 Å². The standard InChI is InChI=1S/C13H23N3O2/c1-9(2)16-7-5-4-6-11(16)8-12-14-13(10(3)17)15-18-12/h9-11,17H,4-8H2,1-3H3. The van der Waals surface area contributed by atoms with Gasteiger partial charge in [-0.25, -0.2) is 0 Å². The summed E-state index contributed by atoms with van der Waals surface area (Å²) in [5.41, 5.74) is 0. The van der Waals surface area contributed by atoms with Crippen molar-refractivity contribution in [3.05, 3.63) is 11.7 Å². The van der Waals surface area contributed by atoms with Crippen LogP contribution in [0.5, 0.6) is 0 Å². The zero-order valence-electron chi connectivity index (χ0n) is 11.5. The largest absolute Gasteiger partial charge is 0.385 e. The second-order valence-corrected chi connectivity index (χ2v) is 5.41. The minimum Gasteiger partial charge on any atom is -0.385 e.